The van der Waals surface area contributed by atoms with E-state index >= 15 is 0 Å². The molecule has 1 N–H and O–H groups in total. The quantitative estimate of drug-likeness (QED) is 0.776. The highest BCUT2D eigenvalue weighted by molar-refractivity contribution is 5.12. The van der Waals surface area contributed by atoms with E-state index in [0.717, 1.165) is 12.5 Å². The maximum absolute atomic E-state index is 4.11. The van der Waals surface area contributed by atoms with Crippen LogP contribution in [0.5, 0.6) is 0 Å². The van der Waals surface area contributed by atoms with Crippen LogP contribution in [0.1, 0.15) is 38.8 Å². The van der Waals surface area contributed by atoms with Crippen molar-refractivity contribution < 1.29 is 0 Å². The van der Waals surface area contributed by atoms with Crippen LogP contribution < -0.4 is 5.32 Å². The minimum absolute atomic E-state index is 0.401. The van der Waals surface area contributed by atoms with Crippen LogP contribution in [0.4, 0.5) is 0 Å². The van der Waals surface area contributed by atoms with Crippen molar-refractivity contribution in [1.29, 1.82) is 0 Å². The Labute approximate surface area is 86.8 Å². The molecule has 0 aliphatic rings. The van der Waals surface area contributed by atoms with Crippen LogP contribution in [0.25, 0.3) is 0 Å². The predicted molar refractivity (Wildman–Crippen MR) is 60.1 cm³/mol. The van der Waals surface area contributed by atoms with Crippen LogP contribution in [0, 0.1) is 5.92 Å². The van der Waals surface area contributed by atoms with Crippen LogP contribution in [0.3, 0.4) is 0 Å². The van der Waals surface area contributed by atoms with E-state index in [-0.39, 0.29) is 0 Å². The monoisotopic (exact) mass is 192 g/mol. The molecule has 0 saturated carbocycles. The van der Waals surface area contributed by atoms with Gasteiger partial charge in [0.05, 0.1) is 0 Å². The molecule has 0 saturated heterocycles. The highest BCUT2D eigenvalue weighted by Crippen LogP contribution is 2.10. The van der Waals surface area contributed by atoms with Crippen molar-refractivity contribution in [1.82, 2.24) is 10.3 Å². The van der Waals surface area contributed by atoms with Crippen LogP contribution in [0.15, 0.2) is 24.5 Å². The molecule has 1 rings (SSSR count). The van der Waals surface area contributed by atoms with Crippen molar-refractivity contribution in [3.05, 3.63) is 30.1 Å². The first-order valence-corrected chi connectivity index (χ1v) is 5.37. The van der Waals surface area contributed by atoms with Crippen molar-refractivity contribution in [3.8, 4) is 0 Å². The molecular weight excluding hydrogens is 172 g/mol. The Balaban J connectivity index is 2.39. The van der Waals surface area contributed by atoms with Gasteiger partial charge in [0.2, 0.25) is 0 Å². The Morgan fingerprint density at radius 1 is 1.43 bits per heavy atom. The molecule has 0 radical (unpaired) electrons. The first-order chi connectivity index (χ1) is 6.74. The third-order valence-corrected chi connectivity index (χ3v) is 2.65. The van der Waals surface area contributed by atoms with Gasteiger partial charge in [-0.3, -0.25) is 4.98 Å². The van der Waals surface area contributed by atoms with E-state index in [1.165, 1.54) is 12.0 Å². The fourth-order valence-electron chi connectivity index (χ4n) is 1.27. The standard InChI is InChI=1S/C12H20N2/c1-4-10(2)8-14-11(3)12-6-5-7-13-9-12/h5-7,9-11,14H,4,8H2,1-3H3/t10-,11+/m1/s1. The summed E-state index contributed by atoms with van der Waals surface area (Å²) < 4.78 is 0. The van der Waals surface area contributed by atoms with Crippen LogP contribution in [0.2, 0.25) is 0 Å². The summed E-state index contributed by atoms with van der Waals surface area (Å²) in [5.41, 5.74) is 1.26. The molecule has 0 unspecified atom stereocenters. The number of rotatable bonds is 5. The highest BCUT2D eigenvalue weighted by atomic mass is 14.9. The van der Waals surface area contributed by atoms with Crippen LogP contribution >= 0.6 is 0 Å². The van der Waals surface area contributed by atoms with Gasteiger partial charge in [-0.2, -0.15) is 0 Å². The number of nitrogens with one attached hydrogen (secondary N) is 1. The molecule has 1 heterocycles. The minimum Gasteiger partial charge on any atom is -0.310 e. The Morgan fingerprint density at radius 2 is 2.21 bits per heavy atom. The Morgan fingerprint density at radius 3 is 2.79 bits per heavy atom. The fraction of sp³-hybridized carbons (Fsp3) is 0.583. The van der Waals surface area contributed by atoms with Crippen LogP contribution in [-0.4, -0.2) is 11.5 Å². The lowest BCUT2D eigenvalue weighted by Crippen LogP contribution is -2.24. The fourth-order valence-corrected chi connectivity index (χ4v) is 1.27. The number of nitrogens with zero attached hydrogens (tertiary/aromatic N) is 1. The molecule has 0 aliphatic carbocycles. The lowest BCUT2D eigenvalue weighted by Gasteiger charge is -2.16. The van der Waals surface area contributed by atoms with E-state index in [9.17, 15) is 0 Å². The summed E-state index contributed by atoms with van der Waals surface area (Å²) in [6.07, 6.45) is 4.96. The van der Waals surface area contributed by atoms with Gasteiger partial charge in [-0.15, -0.1) is 0 Å². The molecule has 2 heteroatoms. The second-order valence-corrected chi connectivity index (χ2v) is 3.93. The lowest BCUT2D eigenvalue weighted by molar-refractivity contribution is 0.460. The summed E-state index contributed by atoms with van der Waals surface area (Å²) in [5, 5.41) is 3.51. The van der Waals surface area contributed by atoms with Gasteiger partial charge in [0.1, 0.15) is 0 Å². The zero-order valence-electron chi connectivity index (χ0n) is 9.33. The van der Waals surface area contributed by atoms with Gasteiger partial charge < -0.3 is 5.32 Å². The van der Waals surface area contributed by atoms with Gasteiger partial charge in [-0.05, 0) is 31.0 Å². The van der Waals surface area contributed by atoms with E-state index in [2.05, 4.69) is 37.1 Å². The lowest BCUT2D eigenvalue weighted by atomic mass is 10.1. The molecule has 2 nitrogen and oxygen atoms in total. The maximum Gasteiger partial charge on any atom is 0.0315 e. The van der Waals surface area contributed by atoms with Gasteiger partial charge >= 0.3 is 0 Å². The summed E-state index contributed by atoms with van der Waals surface area (Å²) >= 11 is 0. The van der Waals surface area contributed by atoms with Gasteiger partial charge in [0.15, 0.2) is 0 Å². The molecule has 2 atom stereocenters. The third kappa shape index (κ3) is 3.46. The van der Waals surface area contributed by atoms with Gasteiger partial charge in [0, 0.05) is 18.4 Å². The van der Waals surface area contributed by atoms with Crippen molar-refractivity contribution in [2.45, 2.75) is 33.2 Å². The van der Waals surface area contributed by atoms with Gasteiger partial charge in [-0.25, -0.2) is 0 Å². The first-order valence-electron chi connectivity index (χ1n) is 5.37. The third-order valence-electron chi connectivity index (χ3n) is 2.65. The normalized spacial score (nSPS) is 15.1. The first kappa shape index (κ1) is 11.2. The number of pyridine rings is 1. The SMILES string of the molecule is CC[C@@H](C)CN[C@@H](C)c1cccnc1. The maximum atomic E-state index is 4.11. The molecule has 0 aromatic carbocycles. The summed E-state index contributed by atoms with van der Waals surface area (Å²) in [6.45, 7) is 7.75. The average Bonchev–Trinajstić information content (AvgIpc) is 2.26. The molecule has 14 heavy (non-hydrogen) atoms. The van der Waals surface area contributed by atoms with Crippen molar-refractivity contribution in [2.24, 2.45) is 5.92 Å². The van der Waals surface area contributed by atoms with E-state index < -0.39 is 0 Å². The zero-order chi connectivity index (χ0) is 10.4. The average molecular weight is 192 g/mol. The van der Waals surface area contributed by atoms with Gasteiger partial charge in [-0.1, -0.05) is 26.3 Å². The van der Waals surface area contributed by atoms with Crippen molar-refractivity contribution in [2.75, 3.05) is 6.54 Å². The highest BCUT2D eigenvalue weighted by Gasteiger charge is 2.05. The summed E-state index contributed by atoms with van der Waals surface area (Å²) in [6, 6.07) is 4.50. The number of hydrogen-bond donors (Lipinski definition) is 1. The Hall–Kier alpha value is -0.890. The molecule has 78 valence electrons. The Kier molecular flexibility index (Phi) is 4.60. The molecule has 0 bridgehead atoms. The van der Waals surface area contributed by atoms with Gasteiger partial charge in [0.25, 0.3) is 0 Å². The molecule has 0 amide bonds. The van der Waals surface area contributed by atoms with E-state index in [0.29, 0.717) is 6.04 Å². The second-order valence-electron chi connectivity index (χ2n) is 3.93. The molecule has 1 aromatic rings. The van der Waals surface area contributed by atoms with Crippen molar-refractivity contribution >= 4 is 0 Å². The molecule has 1 aromatic heterocycles. The largest absolute Gasteiger partial charge is 0.310 e. The minimum atomic E-state index is 0.401. The molecular formula is C12H20N2. The predicted octanol–water partition coefficient (Wildman–Crippen LogP) is 2.78. The summed E-state index contributed by atoms with van der Waals surface area (Å²) in [7, 11) is 0. The van der Waals surface area contributed by atoms with E-state index in [1.807, 2.05) is 18.5 Å². The summed E-state index contributed by atoms with van der Waals surface area (Å²) in [4.78, 5) is 4.11. The van der Waals surface area contributed by atoms with E-state index in [1.54, 1.807) is 0 Å². The summed E-state index contributed by atoms with van der Waals surface area (Å²) in [5.74, 6) is 0.745. The molecule has 0 fully saturated rings. The zero-order valence-corrected chi connectivity index (χ0v) is 9.33. The topological polar surface area (TPSA) is 24.9 Å². The van der Waals surface area contributed by atoms with Crippen molar-refractivity contribution in [3.63, 3.8) is 0 Å². The van der Waals surface area contributed by atoms with E-state index in [4.69, 9.17) is 0 Å². The van der Waals surface area contributed by atoms with Crippen LogP contribution in [-0.2, 0) is 0 Å². The molecule has 0 aliphatic heterocycles. The second kappa shape index (κ2) is 5.76. The Bertz CT molecular complexity index is 246. The smallest absolute Gasteiger partial charge is 0.0315 e. The number of aromatic nitrogens is 1. The molecule has 0 spiro atoms. The number of hydrogen-bond acceptors (Lipinski definition) is 2.